The highest BCUT2D eigenvalue weighted by Gasteiger charge is 2.11. The van der Waals surface area contributed by atoms with E-state index in [1.807, 2.05) is 49.4 Å². The summed E-state index contributed by atoms with van der Waals surface area (Å²) < 4.78 is 5.45. The van der Waals surface area contributed by atoms with Crippen molar-refractivity contribution in [2.45, 2.75) is 13.3 Å². The van der Waals surface area contributed by atoms with Gasteiger partial charge in [-0.2, -0.15) is 0 Å². The van der Waals surface area contributed by atoms with Crippen LogP contribution >= 0.6 is 0 Å². The van der Waals surface area contributed by atoms with E-state index in [2.05, 4.69) is 10.3 Å². The maximum atomic E-state index is 11.8. The summed E-state index contributed by atoms with van der Waals surface area (Å²) in [6, 6.07) is 13.2. The Morgan fingerprint density at radius 3 is 2.87 bits per heavy atom. The number of hydrogen-bond acceptors (Lipinski definition) is 4. The van der Waals surface area contributed by atoms with Gasteiger partial charge in [-0.15, -0.1) is 0 Å². The zero-order chi connectivity index (χ0) is 16.5. The Bertz CT molecular complexity index is 617. The Balaban J connectivity index is 1.74. The molecule has 0 saturated carbocycles. The Morgan fingerprint density at radius 2 is 2.17 bits per heavy atom. The summed E-state index contributed by atoms with van der Waals surface area (Å²) in [6.45, 7) is 2.32. The SMILES string of the molecule is Cc1cccc(OCC(=O)NCC(CO)Cc2ccccn2)c1. The fourth-order valence-corrected chi connectivity index (χ4v) is 2.18. The summed E-state index contributed by atoms with van der Waals surface area (Å²) in [5, 5.41) is 12.2. The number of aromatic nitrogens is 1. The number of carbonyl (C=O) groups excluding carboxylic acids is 1. The van der Waals surface area contributed by atoms with Crippen LogP contribution in [0.5, 0.6) is 5.75 Å². The molecule has 0 fully saturated rings. The number of rotatable bonds is 8. The summed E-state index contributed by atoms with van der Waals surface area (Å²) in [7, 11) is 0. The molecule has 0 radical (unpaired) electrons. The first-order chi connectivity index (χ1) is 11.2. The average molecular weight is 314 g/mol. The summed E-state index contributed by atoms with van der Waals surface area (Å²) in [5.41, 5.74) is 1.98. The predicted octanol–water partition coefficient (Wildman–Crippen LogP) is 1.74. The third kappa shape index (κ3) is 6.08. The third-order valence-corrected chi connectivity index (χ3v) is 3.43. The highest BCUT2D eigenvalue weighted by atomic mass is 16.5. The first kappa shape index (κ1) is 17.0. The highest BCUT2D eigenvalue weighted by Crippen LogP contribution is 2.12. The van der Waals surface area contributed by atoms with Gasteiger partial charge in [-0.25, -0.2) is 0 Å². The van der Waals surface area contributed by atoms with Crippen molar-refractivity contribution in [3.63, 3.8) is 0 Å². The number of aryl methyl sites for hydroxylation is 1. The van der Waals surface area contributed by atoms with E-state index in [0.717, 1.165) is 11.3 Å². The van der Waals surface area contributed by atoms with Gasteiger partial charge < -0.3 is 15.2 Å². The number of amides is 1. The molecule has 1 aromatic carbocycles. The van der Waals surface area contributed by atoms with E-state index < -0.39 is 0 Å². The van der Waals surface area contributed by atoms with Crippen LogP contribution in [0.3, 0.4) is 0 Å². The largest absolute Gasteiger partial charge is 0.484 e. The van der Waals surface area contributed by atoms with Gasteiger partial charge in [0.1, 0.15) is 5.75 Å². The summed E-state index contributed by atoms with van der Waals surface area (Å²) >= 11 is 0. The lowest BCUT2D eigenvalue weighted by molar-refractivity contribution is -0.123. The Morgan fingerprint density at radius 1 is 1.30 bits per heavy atom. The maximum absolute atomic E-state index is 11.8. The Labute approximate surface area is 136 Å². The van der Waals surface area contributed by atoms with Crippen molar-refractivity contribution in [3.05, 3.63) is 59.9 Å². The number of nitrogens with one attached hydrogen (secondary N) is 1. The second-order valence-corrected chi connectivity index (χ2v) is 5.48. The van der Waals surface area contributed by atoms with Gasteiger partial charge in [0.15, 0.2) is 6.61 Å². The molecule has 1 aromatic heterocycles. The Hall–Kier alpha value is -2.40. The van der Waals surface area contributed by atoms with Crippen LogP contribution in [0.25, 0.3) is 0 Å². The molecule has 2 rings (SSSR count). The van der Waals surface area contributed by atoms with E-state index in [9.17, 15) is 9.90 Å². The molecule has 1 unspecified atom stereocenters. The minimum absolute atomic E-state index is 0.00437. The summed E-state index contributed by atoms with van der Waals surface area (Å²) in [5.74, 6) is 0.408. The molecular formula is C18H22N2O3. The number of benzene rings is 1. The van der Waals surface area contributed by atoms with Crippen molar-refractivity contribution in [1.29, 1.82) is 0 Å². The minimum Gasteiger partial charge on any atom is -0.484 e. The molecule has 0 spiro atoms. The van der Waals surface area contributed by atoms with Crippen molar-refractivity contribution in [1.82, 2.24) is 10.3 Å². The van der Waals surface area contributed by atoms with E-state index in [-0.39, 0.29) is 25.0 Å². The normalized spacial score (nSPS) is 11.7. The summed E-state index contributed by atoms with van der Waals surface area (Å²) in [6.07, 6.45) is 2.34. The molecular weight excluding hydrogens is 292 g/mol. The standard InChI is InChI=1S/C18H22N2O3/c1-14-5-4-7-17(9-14)23-13-18(22)20-11-15(12-21)10-16-6-2-3-8-19-16/h2-9,15,21H,10-13H2,1H3,(H,20,22). The van der Waals surface area contributed by atoms with Crippen molar-refractivity contribution in [2.24, 2.45) is 5.92 Å². The number of ether oxygens (including phenoxy) is 1. The van der Waals surface area contributed by atoms with E-state index in [1.165, 1.54) is 0 Å². The van der Waals surface area contributed by atoms with Gasteiger partial charge >= 0.3 is 0 Å². The predicted molar refractivity (Wildman–Crippen MR) is 88.2 cm³/mol. The topological polar surface area (TPSA) is 71.5 Å². The quantitative estimate of drug-likeness (QED) is 0.778. The molecule has 0 aliphatic carbocycles. The number of nitrogens with zero attached hydrogens (tertiary/aromatic N) is 1. The first-order valence-corrected chi connectivity index (χ1v) is 7.64. The van der Waals surface area contributed by atoms with Gasteiger partial charge in [-0.05, 0) is 43.2 Å². The molecule has 0 aliphatic heterocycles. The van der Waals surface area contributed by atoms with Crippen molar-refractivity contribution < 1.29 is 14.6 Å². The lowest BCUT2D eigenvalue weighted by atomic mass is 10.0. The van der Waals surface area contributed by atoms with Crippen LogP contribution in [0.1, 0.15) is 11.3 Å². The molecule has 2 N–H and O–H groups in total. The zero-order valence-corrected chi connectivity index (χ0v) is 13.2. The van der Waals surface area contributed by atoms with Crippen molar-refractivity contribution in [3.8, 4) is 5.75 Å². The van der Waals surface area contributed by atoms with Crippen LogP contribution < -0.4 is 10.1 Å². The smallest absolute Gasteiger partial charge is 0.257 e. The van der Waals surface area contributed by atoms with Gasteiger partial charge in [0.05, 0.1) is 0 Å². The second kappa shape index (κ2) is 8.90. The highest BCUT2D eigenvalue weighted by molar-refractivity contribution is 5.77. The lowest BCUT2D eigenvalue weighted by Crippen LogP contribution is -2.35. The molecule has 5 heteroatoms. The monoisotopic (exact) mass is 314 g/mol. The maximum Gasteiger partial charge on any atom is 0.257 e. The number of aliphatic hydroxyl groups is 1. The van der Waals surface area contributed by atoms with Crippen LogP contribution in [0.15, 0.2) is 48.7 Å². The van der Waals surface area contributed by atoms with Gasteiger partial charge in [0.25, 0.3) is 5.91 Å². The lowest BCUT2D eigenvalue weighted by Gasteiger charge is -2.15. The fraction of sp³-hybridized carbons (Fsp3) is 0.333. The van der Waals surface area contributed by atoms with E-state index >= 15 is 0 Å². The van der Waals surface area contributed by atoms with Crippen molar-refractivity contribution in [2.75, 3.05) is 19.8 Å². The number of carbonyl (C=O) groups is 1. The zero-order valence-electron chi connectivity index (χ0n) is 13.2. The number of hydrogen-bond donors (Lipinski definition) is 2. The molecule has 23 heavy (non-hydrogen) atoms. The van der Waals surface area contributed by atoms with Crippen molar-refractivity contribution >= 4 is 5.91 Å². The minimum atomic E-state index is -0.203. The Kier molecular flexibility index (Phi) is 6.56. The number of pyridine rings is 1. The van der Waals surface area contributed by atoms with Gasteiger partial charge in [-0.1, -0.05) is 18.2 Å². The van der Waals surface area contributed by atoms with Crippen LogP contribution in [-0.4, -0.2) is 35.8 Å². The molecule has 2 aromatic rings. The molecule has 1 atom stereocenters. The van der Waals surface area contributed by atoms with E-state index in [0.29, 0.717) is 18.7 Å². The van der Waals surface area contributed by atoms with Crippen LogP contribution in [-0.2, 0) is 11.2 Å². The molecule has 0 saturated heterocycles. The van der Waals surface area contributed by atoms with E-state index in [1.54, 1.807) is 6.20 Å². The summed E-state index contributed by atoms with van der Waals surface area (Å²) in [4.78, 5) is 16.1. The van der Waals surface area contributed by atoms with Gasteiger partial charge in [-0.3, -0.25) is 9.78 Å². The molecule has 122 valence electrons. The van der Waals surface area contributed by atoms with Crippen LogP contribution in [0, 0.1) is 12.8 Å². The molecule has 1 amide bonds. The molecule has 0 bridgehead atoms. The number of aliphatic hydroxyl groups excluding tert-OH is 1. The van der Waals surface area contributed by atoms with Gasteiger partial charge in [0, 0.05) is 31.0 Å². The fourth-order valence-electron chi connectivity index (χ4n) is 2.18. The molecule has 0 aliphatic rings. The third-order valence-electron chi connectivity index (χ3n) is 3.43. The van der Waals surface area contributed by atoms with Crippen LogP contribution in [0.2, 0.25) is 0 Å². The first-order valence-electron chi connectivity index (χ1n) is 7.64. The molecule has 5 nitrogen and oxygen atoms in total. The van der Waals surface area contributed by atoms with E-state index in [4.69, 9.17) is 4.74 Å². The van der Waals surface area contributed by atoms with Crippen LogP contribution in [0.4, 0.5) is 0 Å². The second-order valence-electron chi connectivity index (χ2n) is 5.48. The van der Waals surface area contributed by atoms with Gasteiger partial charge in [0.2, 0.25) is 0 Å². The molecule has 1 heterocycles. The average Bonchev–Trinajstić information content (AvgIpc) is 2.57.